The van der Waals surface area contributed by atoms with Crippen molar-refractivity contribution in [3.8, 4) is 90.2 Å². The second kappa shape index (κ2) is 14.9. The maximum atomic E-state index is 6.81. The van der Waals surface area contributed by atoms with Gasteiger partial charge in [-0.1, -0.05) is 182 Å². The Bertz CT molecular complexity index is 2830. The second-order valence-corrected chi connectivity index (χ2v) is 14.0. The van der Waals surface area contributed by atoms with E-state index in [4.69, 9.17) is 19.7 Å². The molecule has 1 aromatic heterocycles. The van der Waals surface area contributed by atoms with Crippen LogP contribution in [0.5, 0.6) is 11.5 Å². The van der Waals surface area contributed by atoms with E-state index in [9.17, 15) is 0 Å². The van der Waals surface area contributed by atoms with Crippen molar-refractivity contribution < 1.29 is 4.74 Å². The summed E-state index contributed by atoms with van der Waals surface area (Å²) in [5, 5.41) is 0. The van der Waals surface area contributed by atoms with Gasteiger partial charge in [0, 0.05) is 27.8 Å². The van der Waals surface area contributed by atoms with Crippen molar-refractivity contribution in [2.75, 3.05) is 0 Å². The highest BCUT2D eigenvalue weighted by molar-refractivity contribution is 5.90. The minimum atomic E-state index is 0.584. The van der Waals surface area contributed by atoms with Crippen LogP contribution in [0.15, 0.2) is 200 Å². The number of nitrogens with zero attached hydrogens (tertiary/aromatic N) is 3. The van der Waals surface area contributed by atoms with Crippen LogP contribution in [0.4, 0.5) is 0 Å². The van der Waals surface area contributed by atoms with Crippen LogP contribution in [0.3, 0.4) is 0 Å². The Labute approximate surface area is 332 Å². The van der Waals surface area contributed by atoms with Crippen molar-refractivity contribution in [3.63, 3.8) is 0 Å². The van der Waals surface area contributed by atoms with Crippen LogP contribution in [0.2, 0.25) is 0 Å². The summed E-state index contributed by atoms with van der Waals surface area (Å²) in [6, 6.07) is 69.0. The standard InChI is InChI=1S/C53H35N3O/c1-3-15-36(16-4-1)40-20-13-22-42(33-40)51-54-52(43-23-14-21-41(34-43)37-17-5-2-6-18-37)56-53(55-51)44-32-31-39-30-29-38-19-7-8-24-45(38)46-25-9-11-27-49(46)57-50-28-12-10-26-47(50)48(39)35-44/h1-35H. The number of benzene rings is 8. The van der Waals surface area contributed by atoms with E-state index in [0.717, 1.165) is 83.8 Å². The Kier molecular flexibility index (Phi) is 8.82. The zero-order valence-electron chi connectivity index (χ0n) is 31.0. The lowest BCUT2D eigenvalue weighted by atomic mass is 9.94. The molecule has 0 spiro atoms. The van der Waals surface area contributed by atoms with Gasteiger partial charge in [-0.15, -0.1) is 0 Å². The summed E-state index contributed by atoms with van der Waals surface area (Å²) in [5.74, 6) is 3.36. The van der Waals surface area contributed by atoms with Gasteiger partial charge < -0.3 is 4.74 Å². The SMILES string of the molecule is C1=Cc2ccc(-c3nc(-c4cccc(-c5ccccc5)c4)nc(-c4cccc(-c5ccccc5)c4)n3)cc2-c2ccccc2Oc2ccccc2-c2ccccc21. The summed E-state index contributed by atoms with van der Waals surface area (Å²) in [7, 11) is 0. The van der Waals surface area contributed by atoms with Gasteiger partial charge in [-0.05, 0) is 74.8 Å². The lowest BCUT2D eigenvalue weighted by Gasteiger charge is -2.16. The third-order valence-corrected chi connectivity index (χ3v) is 10.4. The maximum Gasteiger partial charge on any atom is 0.164 e. The van der Waals surface area contributed by atoms with Gasteiger partial charge in [0.05, 0.1) is 0 Å². The Hall–Kier alpha value is -7.69. The van der Waals surface area contributed by atoms with Gasteiger partial charge >= 0.3 is 0 Å². The Morgan fingerprint density at radius 2 is 0.667 bits per heavy atom. The summed E-state index contributed by atoms with van der Waals surface area (Å²) in [4.78, 5) is 15.5. The van der Waals surface area contributed by atoms with E-state index in [1.54, 1.807) is 0 Å². The topological polar surface area (TPSA) is 47.9 Å². The van der Waals surface area contributed by atoms with Gasteiger partial charge in [-0.2, -0.15) is 0 Å². The van der Waals surface area contributed by atoms with Crippen molar-refractivity contribution in [2.24, 2.45) is 0 Å². The molecule has 0 atom stereocenters. The van der Waals surface area contributed by atoms with Crippen LogP contribution < -0.4 is 4.74 Å². The number of ether oxygens (including phenoxy) is 1. The normalized spacial score (nSPS) is 11.6. The molecule has 1 aliphatic heterocycles. The molecule has 2 heterocycles. The molecule has 0 aliphatic carbocycles. The molecule has 268 valence electrons. The Balaban J connectivity index is 1.16. The van der Waals surface area contributed by atoms with Crippen molar-refractivity contribution in [1.82, 2.24) is 15.0 Å². The van der Waals surface area contributed by atoms with Gasteiger partial charge in [-0.25, -0.2) is 15.0 Å². The van der Waals surface area contributed by atoms with Crippen LogP contribution in [-0.2, 0) is 0 Å². The van der Waals surface area contributed by atoms with E-state index in [1.807, 2.05) is 36.4 Å². The molecule has 57 heavy (non-hydrogen) atoms. The minimum Gasteiger partial charge on any atom is -0.456 e. The number of hydrogen-bond acceptors (Lipinski definition) is 4. The maximum absolute atomic E-state index is 6.81. The molecule has 0 fully saturated rings. The smallest absolute Gasteiger partial charge is 0.164 e. The van der Waals surface area contributed by atoms with E-state index in [1.165, 1.54) is 0 Å². The molecule has 0 radical (unpaired) electrons. The van der Waals surface area contributed by atoms with E-state index < -0.39 is 0 Å². The number of para-hydroxylation sites is 2. The molecular formula is C53H35N3O. The van der Waals surface area contributed by atoms with Crippen molar-refractivity contribution >= 4 is 12.2 Å². The van der Waals surface area contributed by atoms with Crippen molar-refractivity contribution in [2.45, 2.75) is 0 Å². The number of rotatable bonds is 5. The molecule has 10 rings (SSSR count). The van der Waals surface area contributed by atoms with Gasteiger partial charge in [-0.3, -0.25) is 0 Å². The molecule has 4 heteroatoms. The Morgan fingerprint density at radius 3 is 1.23 bits per heavy atom. The minimum absolute atomic E-state index is 0.584. The summed E-state index contributed by atoms with van der Waals surface area (Å²) >= 11 is 0. The lowest BCUT2D eigenvalue weighted by molar-refractivity contribution is 0.486. The van der Waals surface area contributed by atoms with E-state index in [-0.39, 0.29) is 0 Å². The molecule has 0 N–H and O–H groups in total. The zero-order valence-corrected chi connectivity index (χ0v) is 31.0. The first-order valence-corrected chi connectivity index (χ1v) is 19.1. The van der Waals surface area contributed by atoms with E-state index >= 15 is 0 Å². The third kappa shape index (κ3) is 6.81. The van der Waals surface area contributed by atoms with Gasteiger partial charge in [0.15, 0.2) is 17.5 Å². The molecule has 9 aromatic rings. The summed E-state index contributed by atoms with van der Waals surface area (Å²) < 4.78 is 6.81. The fourth-order valence-electron chi connectivity index (χ4n) is 7.52. The van der Waals surface area contributed by atoms with Gasteiger partial charge in [0.2, 0.25) is 0 Å². The highest BCUT2D eigenvalue weighted by Crippen LogP contribution is 2.42. The van der Waals surface area contributed by atoms with Crippen LogP contribution >= 0.6 is 0 Å². The zero-order chi connectivity index (χ0) is 38.0. The molecule has 0 bridgehead atoms. The summed E-state index contributed by atoms with van der Waals surface area (Å²) in [6.07, 6.45) is 4.38. The summed E-state index contributed by atoms with van der Waals surface area (Å²) in [5.41, 5.74) is 13.4. The third-order valence-electron chi connectivity index (χ3n) is 10.4. The molecule has 1 aliphatic rings. The molecule has 0 amide bonds. The number of fused-ring (bicyclic) bond motifs is 6. The predicted molar refractivity (Wildman–Crippen MR) is 233 cm³/mol. The fraction of sp³-hybridized carbons (Fsp3) is 0. The fourth-order valence-corrected chi connectivity index (χ4v) is 7.52. The molecule has 0 unspecified atom stereocenters. The lowest BCUT2D eigenvalue weighted by Crippen LogP contribution is -2.01. The van der Waals surface area contributed by atoms with Gasteiger partial charge in [0.25, 0.3) is 0 Å². The number of hydrogen-bond donors (Lipinski definition) is 0. The average molecular weight is 730 g/mol. The predicted octanol–water partition coefficient (Wildman–Crippen LogP) is 13.8. The van der Waals surface area contributed by atoms with Crippen LogP contribution in [0, 0.1) is 0 Å². The van der Waals surface area contributed by atoms with Crippen LogP contribution in [-0.4, -0.2) is 15.0 Å². The van der Waals surface area contributed by atoms with Crippen LogP contribution in [0.25, 0.3) is 90.8 Å². The highest BCUT2D eigenvalue weighted by atomic mass is 16.5. The summed E-state index contributed by atoms with van der Waals surface area (Å²) in [6.45, 7) is 0. The van der Waals surface area contributed by atoms with Crippen molar-refractivity contribution in [1.29, 1.82) is 0 Å². The molecule has 4 nitrogen and oxygen atoms in total. The second-order valence-electron chi connectivity index (χ2n) is 14.0. The van der Waals surface area contributed by atoms with Crippen LogP contribution in [0.1, 0.15) is 11.1 Å². The van der Waals surface area contributed by atoms with Gasteiger partial charge in [0.1, 0.15) is 11.5 Å². The van der Waals surface area contributed by atoms with E-state index in [2.05, 4.69) is 176 Å². The first-order valence-electron chi connectivity index (χ1n) is 19.1. The monoisotopic (exact) mass is 729 g/mol. The van der Waals surface area contributed by atoms with E-state index in [0.29, 0.717) is 17.5 Å². The first-order chi connectivity index (χ1) is 28.2. The molecule has 8 aromatic carbocycles. The first kappa shape index (κ1) is 33.8. The molecule has 0 saturated carbocycles. The van der Waals surface area contributed by atoms with Crippen molar-refractivity contribution in [3.05, 3.63) is 211 Å². The Morgan fingerprint density at radius 1 is 0.263 bits per heavy atom. The molecular weight excluding hydrogens is 695 g/mol. The quantitative estimate of drug-likeness (QED) is 0.177. The number of aromatic nitrogens is 3. The average Bonchev–Trinajstić information content (AvgIpc) is 3.31. The largest absolute Gasteiger partial charge is 0.456 e. The highest BCUT2D eigenvalue weighted by Gasteiger charge is 2.19. The molecule has 0 saturated heterocycles.